The van der Waals surface area contributed by atoms with E-state index in [1.807, 2.05) is 17.9 Å². The number of benzene rings is 2. The molecule has 2 aromatic carbocycles. The number of aromatic nitrogens is 3. The van der Waals surface area contributed by atoms with E-state index in [1.54, 1.807) is 35.1 Å². The minimum atomic E-state index is -0.705. The summed E-state index contributed by atoms with van der Waals surface area (Å²) < 4.78 is 7.00. The van der Waals surface area contributed by atoms with Gasteiger partial charge in [-0.15, -0.1) is 5.10 Å². The zero-order chi connectivity index (χ0) is 25.8. The average molecular weight is 503 g/mol. The molecule has 1 saturated heterocycles. The van der Waals surface area contributed by atoms with Gasteiger partial charge < -0.3 is 14.7 Å². The van der Waals surface area contributed by atoms with Gasteiger partial charge in [-0.1, -0.05) is 72.5 Å². The number of likely N-dealkylation sites (tertiary alicyclic amines) is 1. The number of carbonyl (C=O) groups is 2. The number of rotatable bonds is 6. The van der Waals surface area contributed by atoms with Crippen LogP contribution in [0.25, 0.3) is 0 Å². The van der Waals surface area contributed by atoms with Crippen molar-refractivity contribution in [1.29, 1.82) is 0 Å². The number of aryl methyl sites for hydroxylation is 1. The fraction of sp³-hybridized carbons (Fsp3) is 0.448. The van der Waals surface area contributed by atoms with Crippen LogP contribution in [-0.2, 0) is 16.1 Å². The number of hydrogen-bond donors (Lipinski definition) is 1. The Labute approximate surface area is 217 Å². The number of amides is 1. The van der Waals surface area contributed by atoms with E-state index in [1.165, 1.54) is 6.42 Å². The minimum Gasteiger partial charge on any atom is -0.455 e. The lowest BCUT2D eigenvalue weighted by molar-refractivity contribution is -0.144. The molecule has 2 aliphatic rings. The van der Waals surface area contributed by atoms with Gasteiger partial charge in [0.2, 0.25) is 5.91 Å². The van der Waals surface area contributed by atoms with Crippen LogP contribution in [0.1, 0.15) is 77.8 Å². The summed E-state index contributed by atoms with van der Waals surface area (Å²) in [5.74, 6) is -0.237. The molecule has 1 aliphatic carbocycles. The first kappa shape index (κ1) is 25.1. The van der Waals surface area contributed by atoms with Crippen molar-refractivity contribution in [3.05, 3.63) is 83.2 Å². The summed E-state index contributed by atoms with van der Waals surface area (Å²) in [5.41, 5.74) is 3.16. The number of piperidine rings is 1. The number of ether oxygens (including phenoxy) is 1. The number of nitrogens with zero attached hydrogens (tertiary/aromatic N) is 4. The Morgan fingerprint density at radius 1 is 1.03 bits per heavy atom. The maximum atomic E-state index is 13.7. The molecule has 0 unspecified atom stereocenters. The molecule has 1 aromatic heterocycles. The normalized spacial score (nSPS) is 22.5. The molecule has 0 spiro atoms. The van der Waals surface area contributed by atoms with Crippen LogP contribution in [0.15, 0.2) is 60.8 Å². The molecule has 1 aliphatic heterocycles. The molecular weight excluding hydrogens is 468 g/mol. The fourth-order valence-electron chi connectivity index (χ4n) is 5.49. The molecule has 37 heavy (non-hydrogen) atoms. The third-order valence-corrected chi connectivity index (χ3v) is 7.63. The van der Waals surface area contributed by atoms with E-state index in [4.69, 9.17) is 4.74 Å². The van der Waals surface area contributed by atoms with Crippen molar-refractivity contribution in [3.8, 4) is 0 Å². The molecule has 8 heteroatoms. The molecule has 1 N–H and O–H groups in total. The van der Waals surface area contributed by atoms with Crippen LogP contribution in [0.5, 0.6) is 0 Å². The minimum absolute atomic E-state index is 0.0206. The fourth-order valence-corrected chi connectivity index (χ4v) is 5.49. The number of aliphatic hydroxyl groups is 1. The number of esters is 1. The Morgan fingerprint density at radius 3 is 2.49 bits per heavy atom. The van der Waals surface area contributed by atoms with Crippen LogP contribution in [0.3, 0.4) is 0 Å². The lowest BCUT2D eigenvalue weighted by Gasteiger charge is -2.44. The summed E-state index contributed by atoms with van der Waals surface area (Å²) in [6.07, 6.45) is 6.60. The van der Waals surface area contributed by atoms with E-state index in [0.717, 1.165) is 36.8 Å². The van der Waals surface area contributed by atoms with Gasteiger partial charge in [-0.3, -0.25) is 4.79 Å². The topological polar surface area (TPSA) is 97.5 Å². The van der Waals surface area contributed by atoms with Gasteiger partial charge in [0.15, 0.2) is 0 Å². The molecular formula is C29H34N4O4. The third-order valence-electron chi connectivity index (χ3n) is 7.63. The highest BCUT2D eigenvalue weighted by atomic mass is 16.5. The van der Waals surface area contributed by atoms with Crippen LogP contribution >= 0.6 is 0 Å². The van der Waals surface area contributed by atoms with Crippen LogP contribution in [0.2, 0.25) is 0 Å². The van der Waals surface area contributed by atoms with Gasteiger partial charge >= 0.3 is 5.97 Å². The zero-order valence-electron chi connectivity index (χ0n) is 21.2. The molecule has 2 fully saturated rings. The van der Waals surface area contributed by atoms with Crippen molar-refractivity contribution in [2.45, 2.75) is 70.2 Å². The van der Waals surface area contributed by atoms with Gasteiger partial charge in [0.05, 0.1) is 29.9 Å². The molecule has 0 bridgehead atoms. The Morgan fingerprint density at radius 2 is 1.76 bits per heavy atom. The summed E-state index contributed by atoms with van der Waals surface area (Å²) in [4.78, 5) is 28.0. The van der Waals surface area contributed by atoms with E-state index < -0.39 is 18.1 Å². The number of hydrogen-bond acceptors (Lipinski definition) is 6. The first-order valence-electron chi connectivity index (χ1n) is 13.2. The highest BCUT2D eigenvalue weighted by molar-refractivity contribution is 5.89. The van der Waals surface area contributed by atoms with E-state index in [-0.39, 0.29) is 24.5 Å². The standard InChI is InChI=1S/C29H34N4O4/c1-20-12-14-21(15-13-20)25-16-27(34)26(18-32(25)28(35)22-8-4-2-5-9-22)33-17-24(30-31-33)19-37-29(36)23-10-6-3-7-11-23/h3,6-7,10-15,17,22,25-27,34H,2,4-5,8-9,16,18-19H2,1H3/t25-,26-,27-/m1/s1. The molecule has 5 rings (SSSR count). The molecule has 1 saturated carbocycles. The zero-order valence-corrected chi connectivity index (χ0v) is 21.2. The molecule has 0 radical (unpaired) electrons. The summed E-state index contributed by atoms with van der Waals surface area (Å²) in [5, 5.41) is 19.6. The first-order chi connectivity index (χ1) is 18.0. The largest absolute Gasteiger partial charge is 0.455 e. The lowest BCUT2D eigenvalue weighted by Crippen LogP contribution is -2.50. The van der Waals surface area contributed by atoms with E-state index in [9.17, 15) is 14.7 Å². The van der Waals surface area contributed by atoms with Crippen LogP contribution < -0.4 is 0 Å². The molecule has 194 valence electrons. The second-order valence-electron chi connectivity index (χ2n) is 10.3. The van der Waals surface area contributed by atoms with E-state index >= 15 is 0 Å². The summed E-state index contributed by atoms with van der Waals surface area (Å²) in [7, 11) is 0. The van der Waals surface area contributed by atoms with Gasteiger partial charge in [0, 0.05) is 18.9 Å². The SMILES string of the molecule is Cc1ccc([C@H]2C[C@@H](O)[C@H](n3cc(COC(=O)c4ccccc4)nn3)CN2C(=O)C2CCCCC2)cc1. The van der Waals surface area contributed by atoms with Crippen molar-refractivity contribution in [3.63, 3.8) is 0 Å². The Hall–Kier alpha value is -3.52. The predicted octanol–water partition coefficient (Wildman–Crippen LogP) is 4.40. The van der Waals surface area contributed by atoms with Crippen molar-refractivity contribution in [2.24, 2.45) is 5.92 Å². The molecule has 1 amide bonds. The van der Waals surface area contributed by atoms with Gasteiger partial charge in [-0.2, -0.15) is 0 Å². The van der Waals surface area contributed by atoms with Crippen molar-refractivity contribution in [1.82, 2.24) is 19.9 Å². The summed E-state index contributed by atoms with van der Waals surface area (Å²) in [6, 6.07) is 16.4. The predicted molar refractivity (Wildman–Crippen MR) is 137 cm³/mol. The Bertz CT molecular complexity index is 1200. The van der Waals surface area contributed by atoms with E-state index in [0.29, 0.717) is 24.2 Å². The first-order valence-corrected chi connectivity index (χ1v) is 13.2. The van der Waals surface area contributed by atoms with Crippen molar-refractivity contribution >= 4 is 11.9 Å². The Kier molecular flexibility index (Phi) is 7.65. The second kappa shape index (κ2) is 11.3. The molecule has 3 aromatic rings. The maximum absolute atomic E-state index is 13.7. The van der Waals surface area contributed by atoms with Crippen LogP contribution in [0.4, 0.5) is 0 Å². The van der Waals surface area contributed by atoms with E-state index in [2.05, 4.69) is 34.6 Å². The van der Waals surface area contributed by atoms with Gasteiger partial charge in [0.1, 0.15) is 12.3 Å². The smallest absolute Gasteiger partial charge is 0.338 e. The van der Waals surface area contributed by atoms with Gasteiger partial charge in [0.25, 0.3) is 0 Å². The quantitative estimate of drug-likeness (QED) is 0.502. The average Bonchev–Trinajstić information content (AvgIpc) is 3.41. The van der Waals surface area contributed by atoms with Gasteiger partial charge in [-0.25, -0.2) is 9.48 Å². The second-order valence-corrected chi connectivity index (χ2v) is 10.3. The van der Waals surface area contributed by atoms with Crippen LogP contribution in [0, 0.1) is 12.8 Å². The van der Waals surface area contributed by atoms with Gasteiger partial charge in [-0.05, 0) is 37.5 Å². The maximum Gasteiger partial charge on any atom is 0.338 e. The Balaban J connectivity index is 1.32. The molecule has 8 nitrogen and oxygen atoms in total. The van der Waals surface area contributed by atoms with Crippen molar-refractivity contribution in [2.75, 3.05) is 6.54 Å². The molecule has 2 heterocycles. The third kappa shape index (κ3) is 5.74. The summed E-state index contributed by atoms with van der Waals surface area (Å²) in [6.45, 7) is 2.37. The highest BCUT2D eigenvalue weighted by Crippen LogP contribution is 2.38. The lowest BCUT2D eigenvalue weighted by atomic mass is 9.85. The monoisotopic (exact) mass is 502 g/mol. The van der Waals surface area contributed by atoms with Crippen LogP contribution in [-0.4, -0.2) is 49.5 Å². The molecule has 3 atom stereocenters. The highest BCUT2D eigenvalue weighted by Gasteiger charge is 2.41. The summed E-state index contributed by atoms with van der Waals surface area (Å²) >= 11 is 0. The van der Waals surface area contributed by atoms with Crippen molar-refractivity contribution < 1.29 is 19.4 Å². The number of aliphatic hydroxyl groups excluding tert-OH is 1. The number of carbonyl (C=O) groups excluding carboxylic acids is 2.